The topological polar surface area (TPSA) is 22.0 Å². The number of unbranched alkanes of at least 4 members (excludes halogenated alkanes) is 5. The molecule has 140 valence electrons. The molecule has 0 N–H and O–H groups in total. The van der Waals surface area contributed by atoms with Crippen LogP contribution in [0.15, 0.2) is 59.4 Å². The van der Waals surface area contributed by atoms with Gasteiger partial charge in [0.1, 0.15) is 0 Å². The third kappa shape index (κ3) is 6.33. The van der Waals surface area contributed by atoms with Crippen LogP contribution in [0.4, 0.5) is 0 Å². The first-order valence-electron chi connectivity index (χ1n) is 10.1. The molecule has 0 atom stereocenters. The summed E-state index contributed by atoms with van der Waals surface area (Å²) in [7, 11) is 2.06. The Bertz CT molecular complexity index is 782. The van der Waals surface area contributed by atoms with Crippen molar-refractivity contribution in [3.05, 3.63) is 70.6 Å². The molecule has 0 saturated carbocycles. The van der Waals surface area contributed by atoms with Gasteiger partial charge in [0.05, 0.1) is 5.52 Å². The molecular formula is C24H33NO. The van der Waals surface area contributed by atoms with Crippen LogP contribution in [0, 0.1) is 0 Å². The van der Waals surface area contributed by atoms with E-state index in [0.717, 1.165) is 48.7 Å². The highest BCUT2D eigenvalue weighted by Gasteiger charge is 2.05. The van der Waals surface area contributed by atoms with Gasteiger partial charge in [0.15, 0.2) is 5.43 Å². The van der Waals surface area contributed by atoms with Crippen molar-refractivity contribution in [2.24, 2.45) is 7.05 Å². The number of aromatic nitrogens is 1. The van der Waals surface area contributed by atoms with Gasteiger partial charge in [-0.3, -0.25) is 4.79 Å². The van der Waals surface area contributed by atoms with Crippen molar-refractivity contribution in [1.29, 1.82) is 0 Å². The van der Waals surface area contributed by atoms with Crippen molar-refractivity contribution in [2.75, 3.05) is 0 Å². The third-order valence-corrected chi connectivity index (χ3v) is 4.89. The lowest BCUT2D eigenvalue weighted by molar-refractivity contribution is 0.705. The Balaban J connectivity index is 1.70. The first-order valence-corrected chi connectivity index (χ1v) is 10.1. The van der Waals surface area contributed by atoms with Crippen LogP contribution >= 0.6 is 0 Å². The van der Waals surface area contributed by atoms with E-state index < -0.39 is 0 Å². The Morgan fingerprint density at radius 1 is 0.923 bits per heavy atom. The first kappa shape index (κ1) is 20.2. The highest BCUT2D eigenvalue weighted by atomic mass is 16.1. The standard InChI is InChI=1S/C24H33NO/c1-3-4-5-6-7-8-9-10-11-12-13-14-17-21-20-24(26)22-18-15-16-19-23(22)25(21)2/h7-8,10-11,15-16,18-20H,3-6,9,12-14,17H2,1-2H3/b8-7-,11-10-. The predicted molar refractivity (Wildman–Crippen MR) is 114 cm³/mol. The smallest absolute Gasteiger partial charge is 0.189 e. The molecule has 0 spiro atoms. The zero-order chi connectivity index (χ0) is 18.6. The van der Waals surface area contributed by atoms with Gasteiger partial charge in [-0.15, -0.1) is 0 Å². The van der Waals surface area contributed by atoms with Gasteiger partial charge in [0, 0.05) is 24.2 Å². The minimum atomic E-state index is 0.138. The molecule has 0 aliphatic heterocycles. The number of rotatable bonds is 11. The molecule has 2 heteroatoms. The SMILES string of the molecule is CCCCC/C=C\C/C=C\CCCCc1cc(=O)c2ccccc2n1C. The molecule has 0 bridgehead atoms. The van der Waals surface area contributed by atoms with Crippen molar-refractivity contribution in [3.8, 4) is 0 Å². The summed E-state index contributed by atoms with van der Waals surface area (Å²) in [5, 5.41) is 0.810. The minimum Gasteiger partial charge on any atom is -0.347 e. The van der Waals surface area contributed by atoms with Crippen molar-refractivity contribution in [1.82, 2.24) is 4.57 Å². The second-order valence-electron chi connectivity index (χ2n) is 7.00. The molecule has 1 aromatic carbocycles. The number of allylic oxidation sites excluding steroid dienone is 4. The fraction of sp³-hybridized carbons (Fsp3) is 0.458. The maximum atomic E-state index is 12.2. The Morgan fingerprint density at radius 2 is 1.62 bits per heavy atom. The van der Waals surface area contributed by atoms with Gasteiger partial charge >= 0.3 is 0 Å². The Labute approximate surface area is 158 Å². The highest BCUT2D eigenvalue weighted by Crippen LogP contribution is 2.13. The van der Waals surface area contributed by atoms with E-state index in [1.54, 1.807) is 0 Å². The fourth-order valence-corrected chi connectivity index (χ4v) is 3.28. The highest BCUT2D eigenvalue weighted by molar-refractivity contribution is 5.79. The van der Waals surface area contributed by atoms with E-state index in [0.29, 0.717) is 0 Å². The van der Waals surface area contributed by atoms with Crippen molar-refractivity contribution in [2.45, 2.75) is 64.7 Å². The molecule has 0 fully saturated rings. The minimum absolute atomic E-state index is 0.138. The zero-order valence-corrected chi connectivity index (χ0v) is 16.4. The van der Waals surface area contributed by atoms with Crippen LogP contribution in [0.3, 0.4) is 0 Å². The van der Waals surface area contributed by atoms with Crippen LogP contribution in [0.25, 0.3) is 10.9 Å². The molecule has 2 nitrogen and oxygen atoms in total. The summed E-state index contributed by atoms with van der Waals surface area (Å²) >= 11 is 0. The van der Waals surface area contributed by atoms with Crippen LogP contribution in [0.1, 0.15) is 64.0 Å². The van der Waals surface area contributed by atoms with Crippen molar-refractivity contribution >= 4 is 10.9 Å². The molecule has 1 heterocycles. The van der Waals surface area contributed by atoms with Crippen LogP contribution in [0.2, 0.25) is 0 Å². The van der Waals surface area contributed by atoms with E-state index in [-0.39, 0.29) is 5.43 Å². The quantitative estimate of drug-likeness (QED) is 0.342. The van der Waals surface area contributed by atoms with E-state index in [4.69, 9.17) is 0 Å². The van der Waals surface area contributed by atoms with E-state index in [1.165, 1.54) is 25.7 Å². The molecule has 2 aromatic rings. The molecule has 1 aromatic heterocycles. The summed E-state index contributed by atoms with van der Waals surface area (Å²) in [5.41, 5.74) is 2.30. The lowest BCUT2D eigenvalue weighted by atomic mass is 10.1. The number of hydrogen-bond donors (Lipinski definition) is 0. The van der Waals surface area contributed by atoms with Crippen LogP contribution in [0.5, 0.6) is 0 Å². The third-order valence-electron chi connectivity index (χ3n) is 4.89. The Morgan fingerprint density at radius 3 is 2.35 bits per heavy atom. The van der Waals surface area contributed by atoms with E-state index in [2.05, 4.69) is 42.8 Å². The van der Waals surface area contributed by atoms with Gasteiger partial charge < -0.3 is 4.57 Å². The van der Waals surface area contributed by atoms with Gasteiger partial charge in [0.2, 0.25) is 0 Å². The second kappa shape index (κ2) is 11.5. The molecule has 26 heavy (non-hydrogen) atoms. The summed E-state index contributed by atoms with van der Waals surface area (Å²) in [6, 6.07) is 9.66. The number of hydrogen-bond acceptors (Lipinski definition) is 1. The monoisotopic (exact) mass is 351 g/mol. The lowest BCUT2D eigenvalue weighted by Crippen LogP contribution is -2.11. The van der Waals surface area contributed by atoms with E-state index in [1.807, 2.05) is 30.3 Å². The lowest BCUT2D eigenvalue weighted by Gasteiger charge is -2.12. The van der Waals surface area contributed by atoms with Crippen LogP contribution in [-0.4, -0.2) is 4.57 Å². The van der Waals surface area contributed by atoms with Gasteiger partial charge in [-0.05, 0) is 57.1 Å². The van der Waals surface area contributed by atoms with Crippen LogP contribution in [-0.2, 0) is 13.5 Å². The maximum absolute atomic E-state index is 12.2. The summed E-state index contributed by atoms with van der Waals surface area (Å²) in [4.78, 5) is 12.2. The molecular weight excluding hydrogens is 318 g/mol. The summed E-state index contributed by atoms with van der Waals surface area (Å²) < 4.78 is 2.16. The molecule has 0 radical (unpaired) electrons. The average Bonchev–Trinajstić information content (AvgIpc) is 2.66. The molecule has 0 aliphatic rings. The van der Waals surface area contributed by atoms with E-state index >= 15 is 0 Å². The summed E-state index contributed by atoms with van der Waals surface area (Å²) in [6.07, 6.45) is 19.7. The fourth-order valence-electron chi connectivity index (χ4n) is 3.28. The zero-order valence-electron chi connectivity index (χ0n) is 16.4. The number of nitrogens with zero attached hydrogens (tertiary/aromatic N) is 1. The van der Waals surface area contributed by atoms with Crippen molar-refractivity contribution < 1.29 is 0 Å². The van der Waals surface area contributed by atoms with Gasteiger partial charge in [0.25, 0.3) is 0 Å². The van der Waals surface area contributed by atoms with E-state index in [9.17, 15) is 4.79 Å². The maximum Gasteiger partial charge on any atom is 0.189 e. The Hall–Kier alpha value is -2.09. The van der Waals surface area contributed by atoms with Crippen molar-refractivity contribution in [3.63, 3.8) is 0 Å². The summed E-state index contributed by atoms with van der Waals surface area (Å²) in [5.74, 6) is 0. The molecule has 2 rings (SSSR count). The van der Waals surface area contributed by atoms with Gasteiger partial charge in [-0.1, -0.05) is 56.2 Å². The van der Waals surface area contributed by atoms with Gasteiger partial charge in [-0.2, -0.15) is 0 Å². The molecule has 0 amide bonds. The Kier molecular flexibility index (Phi) is 8.95. The summed E-state index contributed by atoms with van der Waals surface area (Å²) in [6.45, 7) is 2.24. The number of aryl methyl sites for hydroxylation is 2. The number of pyridine rings is 1. The second-order valence-corrected chi connectivity index (χ2v) is 7.00. The molecule has 0 saturated heterocycles. The first-order chi connectivity index (χ1) is 12.7. The molecule has 0 aliphatic carbocycles. The largest absolute Gasteiger partial charge is 0.347 e. The van der Waals surface area contributed by atoms with Crippen LogP contribution < -0.4 is 5.43 Å². The average molecular weight is 352 g/mol. The number of para-hydroxylation sites is 1. The molecule has 0 unspecified atom stereocenters. The number of benzene rings is 1. The van der Waals surface area contributed by atoms with Gasteiger partial charge in [-0.25, -0.2) is 0 Å². The number of fused-ring (bicyclic) bond motifs is 1. The predicted octanol–water partition coefficient (Wildman–Crippen LogP) is 6.33. The normalized spacial score (nSPS) is 11.9.